The van der Waals surface area contributed by atoms with Gasteiger partial charge in [0, 0.05) is 10.9 Å². The van der Waals surface area contributed by atoms with E-state index in [1.165, 1.54) is 12.1 Å². The lowest BCUT2D eigenvalue weighted by molar-refractivity contribution is 0.444. The fourth-order valence-electron chi connectivity index (χ4n) is 2.26. The van der Waals surface area contributed by atoms with Crippen molar-refractivity contribution in [1.29, 1.82) is 0 Å². The second-order valence-electron chi connectivity index (χ2n) is 4.55. The maximum absolute atomic E-state index is 13.9. The third-order valence-corrected chi connectivity index (χ3v) is 3.88. The lowest BCUT2D eigenvalue weighted by Gasteiger charge is -2.14. The van der Waals surface area contributed by atoms with Crippen molar-refractivity contribution in [1.82, 2.24) is 5.43 Å². The summed E-state index contributed by atoms with van der Waals surface area (Å²) >= 11 is 3.38. The third kappa shape index (κ3) is 2.46. The largest absolute Gasteiger partial charge is 0.458 e. The van der Waals surface area contributed by atoms with E-state index in [1.807, 2.05) is 18.2 Å². The molecule has 0 fully saturated rings. The van der Waals surface area contributed by atoms with Gasteiger partial charge in [-0.05, 0) is 34.1 Å². The normalized spacial score (nSPS) is 12.8. The Kier molecular flexibility index (Phi) is 3.75. The van der Waals surface area contributed by atoms with Crippen LogP contribution in [0, 0.1) is 11.6 Å². The minimum atomic E-state index is -0.944. The fraction of sp³-hybridized carbons (Fsp3) is 0.0667. The minimum absolute atomic E-state index is 0.0904. The average Bonchev–Trinajstić information content (AvgIpc) is 2.89. The van der Waals surface area contributed by atoms with E-state index in [0.717, 1.165) is 15.9 Å². The molecule has 0 aliphatic rings. The molecule has 0 aliphatic heterocycles. The highest BCUT2D eigenvalue weighted by Gasteiger charge is 2.22. The lowest BCUT2D eigenvalue weighted by Crippen LogP contribution is -2.29. The predicted molar refractivity (Wildman–Crippen MR) is 79.4 cm³/mol. The SMILES string of the molecule is NNC(c1cc2cccc(Br)c2o1)c1cccc(F)c1F. The van der Waals surface area contributed by atoms with Gasteiger partial charge in [-0.2, -0.15) is 0 Å². The molecule has 108 valence electrons. The van der Waals surface area contributed by atoms with Crippen LogP contribution in [0.3, 0.4) is 0 Å². The third-order valence-electron chi connectivity index (χ3n) is 3.26. The molecule has 0 radical (unpaired) electrons. The summed E-state index contributed by atoms with van der Waals surface area (Å²) in [6, 6.07) is 10.5. The highest BCUT2D eigenvalue weighted by Crippen LogP contribution is 2.32. The molecule has 1 unspecified atom stereocenters. The Bertz CT molecular complexity index is 803. The molecule has 3 rings (SSSR count). The summed E-state index contributed by atoms with van der Waals surface area (Å²) in [5.41, 5.74) is 3.19. The molecule has 0 amide bonds. The zero-order valence-corrected chi connectivity index (χ0v) is 12.3. The monoisotopic (exact) mass is 352 g/mol. The Labute approximate surface area is 127 Å². The zero-order valence-electron chi connectivity index (χ0n) is 10.7. The summed E-state index contributed by atoms with van der Waals surface area (Å²) in [4.78, 5) is 0. The number of nitrogens with one attached hydrogen (secondary N) is 1. The molecule has 3 N–H and O–H groups in total. The highest BCUT2D eigenvalue weighted by atomic mass is 79.9. The van der Waals surface area contributed by atoms with Crippen LogP contribution in [0.25, 0.3) is 11.0 Å². The van der Waals surface area contributed by atoms with E-state index in [-0.39, 0.29) is 5.56 Å². The van der Waals surface area contributed by atoms with E-state index >= 15 is 0 Å². The summed E-state index contributed by atoms with van der Waals surface area (Å²) in [7, 11) is 0. The molecule has 3 aromatic rings. The van der Waals surface area contributed by atoms with Crippen molar-refractivity contribution in [2.45, 2.75) is 6.04 Å². The Balaban J connectivity index is 2.14. The molecule has 0 saturated carbocycles. The fourth-order valence-corrected chi connectivity index (χ4v) is 2.72. The van der Waals surface area contributed by atoms with Gasteiger partial charge in [-0.25, -0.2) is 14.2 Å². The van der Waals surface area contributed by atoms with Crippen molar-refractivity contribution >= 4 is 26.9 Å². The van der Waals surface area contributed by atoms with Crippen molar-refractivity contribution in [2.75, 3.05) is 0 Å². The molecule has 2 aromatic carbocycles. The topological polar surface area (TPSA) is 51.2 Å². The number of hydrogen-bond donors (Lipinski definition) is 2. The summed E-state index contributed by atoms with van der Waals surface area (Å²) in [5.74, 6) is 4.04. The summed E-state index contributed by atoms with van der Waals surface area (Å²) in [6.07, 6.45) is 0. The van der Waals surface area contributed by atoms with Crippen LogP contribution in [0.5, 0.6) is 0 Å². The molecule has 0 aliphatic carbocycles. The Morgan fingerprint density at radius 3 is 2.62 bits per heavy atom. The first kappa shape index (κ1) is 14.2. The number of furan rings is 1. The lowest BCUT2D eigenvalue weighted by atomic mass is 10.0. The first-order chi connectivity index (χ1) is 10.1. The molecular formula is C15H11BrF2N2O. The van der Waals surface area contributed by atoms with Gasteiger partial charge in [0.2, 0.25) is 0 Å². The van der Waals surface area contributed by atoms with Crippen LogP contribution in [0.2, 0.25) is 0 Å². The molecule has 6 heteroatoms. The van der Waals surface area contributed by atoms with Gasteiger partial charge in [-0.1, -0.05) is 24.3 Å². The number of para-hydroxylation sites is 1. The van der Waals surface area contributed by atoms with Gasteiger partial charge in [0.15, 0.2) is 11.6 Å². The molecular weight excluding hydrogens is 342 g/mol. The number of nitrogens with two attached hydrogens (primary N) is 1. The summed E-state index contributed by atoms with van der Waals surface area (Å²) in [5, 5.41) is 0.844. The molecule has 1 aromatic heterocycles. The van der Waals surface area contributed by atoms with Crippen LogP contribution in [0.1, 0.15) is 17.4 Å². The van der Waals surface area contributed by atoms with E-state index in [0.29, 0.717) is 11.3 Å². The minimum Gasteiger partial charge on any atom is -0.458 e. The van der Waals surface area contributed by atoms with Crippen LogP contribution < -0.4 is 11.3 Å². The predicted octanol–water partition coefficient (Wildman–Crippen LogP) is 4.03. The number of benzene rings is 2. The molecule has 1 heterocycles. The van der Waals surface area contributed by atoms with E-state index in [9.17, 15) is 8.78 Å². The van der Waals surface area contributed by atoms with Crippen LogP contribution in [-0.2, 0) is 0 Å². The van der Waals surface area contributed by atoms with Crippen LogP contribution in [0.4, 0.5) is 8.78 Å². The number of fused-ring (bicyclic) bond motifs is 1. The van der Waals surface area contributed by atoms with E-state index < -0.39 is 17.7 Å². The quantitative estimate of drug-likeness (QED) is 0.552. The van der Waals surface area contributed by atoms with Crippen molar-refractivity contribution in [2.24, 2.45) is 5.84 Å². The number of rotatable bonds is 3. The van der Waals surface area contributed by atoms with Gasteiger partial charge in [-0.15, -0.1) is 0 Å². The molecule has 0 saturated heterocycles. The first-order valence-electron chi connectivity index (χ1n) is 6.20. The average molecular weight is 353 g/mol. The van der Waals surface area contributed by atoms with Crippen molar-refractivity contribution in [3.05, 3.63) is 69.9 Å². The molecule has 0 spiro atoms. The molecule has 0 bridgehead atoms. The van der Waals surface area contributed by atoms with Gasteiger partial charge >= 0.3 is 0 Å². The second-order valence-corrected chi connectivity index (χ2v) is 5.40. The number of hydrazine groups is 1. The summed E-state index contributed by atoms with van der Waals surface area (Å²) < 4.78 is 33.8. The number of halogens is 3. The van der Waals surface area contributed by atoms with Crippen LogP contribution in [0.15, 0.2) is 51.4 Å². The van der Waals surface area contributed by atoms with Crippen LogP contribution in [-0.4, -0.2) is 0 Å². The van der Waals surface area contributed by atoms with Crippen molar-refractivity contribution in [3.63, 3.8) is 0 Å². The second kappa shape index (κ2) is 5.55. The van der Waals surface area contributed by atoms with Gasteiger partial charge in [0.05, 0.1) is 4.47 Å². The zero-order chi connectivity index (χ0) is 15.0. The van der Waals surface area contributed by atoms with E-state index in [4.69, 9.17) is 10.3 Å². The Hall–Kier alpha value is -1.76. The Morgan fingerprint density at radius 1 is 1.14 bits per heavy atom. The maximum atomic E-state index is 13.9. The van der Waals surface area contributed by atoms with Gasteiger partial charge < -0.3 is 4.42 Å². The molecule has 1 atom stereocenters. The first-order valence-corrected chi connectivity index (χ1v) is 6.99. The standard InChI is InChI=1S/C15H11BrF2N2O/c16-10-5-1-3-8-7-12(21-15(8)10)14(20-19)9-4-2-6-11(17)13(9)18/h1-7,14,20H,19H2. The van der Waals surface area contributed by atoms with Crippen LogP contribution >= 0.6 is 15.9 Å². The maximum Gasteiger partial charge on any atom is 0.164 e. The van der Waals surface area contributed by atoms with Gasteiger partial charge in [0.25, 0.3) is 0 Å². The van der Waals surface area contributed by atoms with E-state index in [2.05, 4.69) is 21.4 Å². The van der Waals surface area contributed by atoms with Gasteiger partial charge in [0.1, 0.15) is 17.4 Å². The van der Waals surface area contributed by atoms with E-state index in [1.54, 1.807) is 6.07 Å². The summed E-state index contributed by atoms with van der Waals surface area (Å²) in [6.45, 7) is 0. The Morgan fingerprint density at radius 2 is 1.90 bits per heavy atom. The number of hydrogen-bond acceptors (Lipinski definition) is 3. The molecule has 21 heavy (non-hydrogen) atoms. The van der Waals surface area contributed by atoms with Gasteiger partial charge in [-0.3, -0.25) is 5.84 Å². The highest BCUT2D eigenvalue weighted by molar-refractivity contribution is 9.10. The molecule has 3 nitrogen and oxygen atoms in total. The smallest absolute Gasteiger partial charge is 0.164 e. The van der Waals surface area contributed by atoms with Crippen molar-refractivity contribution in [3.8, 4) is 0 Å². The van der Waals surface area contributed by atoms with Crippen molar-refractivity contribution < 1.29 is 13.2 Å².